The Hall–Kier alpha value is -4.26. The van der Waals surface area contributed by atoms with Gasteiger partial charge in [-0.1, -0.05) is 18.2 Å². The van der Waals surface area contributed by atoms with Crippen LogP contribution in [0.25, 0.3) is 0 Å². The Morgan fingerprint density at radius 3 is 2.38 bits per heavy atom. The number of likely N-dealkylation sites (tertiary alicyclic amines) is 1. The maximum Gasteiger partial charge on any atom is 0.419 e. The van der Waals surface area contributed by atoms with E-state index >= 15 is 0 Å². The van der Waals surface area contributed by atoms with Crippen molar-refractivity contribution in [3.63, 3.8) is 0 Å². The molecule has 3 atom stereocenters. The van der Waals surface area contributed by atoms with E-state index in [1.165, 1.54) is 13.2 Å². The number of esters is 2. The fourth-order valence-electron chi connectivity index (χ4n) is 5.99. The van der Waals surface area contributed by atoms with Crippen molar-refractivity contribution in [3.8, 4) is 0 Å². The molecule has 1 N–H and O–H groups in total. The highest BCUT2D eigenvalue weighted by atomic mass is 19.2. The summed E-state index contributed by atoms with van der Waals surface area (Å²) in [7, 11) is 2.46. The van der Waals surface area contributed by atoms with Gasteiger partial charge < -0.3 is 24.4 Å². The molecular weight excluding hydrogens is 554 g/mol. The lowest BCUT2D eigenvalue weighted by Crippen LogP contribution is -2.49. The van der Waals surface area contributed by atoms with Crippen molar-refractivity contribution in [2.24, 2.45) is 0 Å². The van der Waals surface area contributed by atoms with E-state index in [2.05, 4.69) is 15.1 Å². The number of hydrogen-bond acceptors (Lipinski definition) is 9. The number of halogens is 2. The number of carbonyl (C=O) groups is 4. The quantitative estimate of drug-likeness (QED) is 0.402. The number of imide groups is 1. The number of nitrogens with zero attached hydrogens (tertiary/aromatic N) is 3. The Morgan fingerprint density at radius 1 is 0.952 bits per heavy atom. The Bertz CT molecular complexity index is 1370. The van der Waals surface area contributed by atoms with Gasteiger partial charge in [-0.05, 0) is 49.1 Å². The zero-order chi connectivity index (χ0) is 30.0. The molecule has 2 aromatic rings. The molecule has 2 aromatic carbocycles. The van der Waals surface area contributed by atoms with Gasteiger partial charge in [0.2, 0.25) is 6.10 Å². The minimum absolute atomic E-state index is 0.0129. The van der Waals surface area contributed by atoms with Crippen LogP contribution < -0.4 is 10.2 Å². The van der Waals surface area contributed by atoms with Crippen LogP contribution in [0.15, 0.2) is 42.5 Å². The molecule has 3 heterocycles. The van der Waals surface area contributed by atoms with E-state index in [4.69, 9.17) is 14.2 Å². The number of para-hydroxylation sites is 1. The summed E-state index contributed by atoms with van der Waals surface area (Å²) in [5.74, 6) is -3.61. The second kappa shape index (κ2) is 12.3. The molecule has 11 nitrogen and oxygen atoms in total. The lowest BCUT2D eigenvalue weighted by molar-refractivity contribution is -0.150. The zero-order valence-corrected chi connectivity index (χ0v) is 23.3. The number of rotatable bonds is 6. The molecule has 0 aliphatic carbocycles. The van der Waals surface area contributed by atoms with Gasteiger partial charge in [0.05, 0.1) is 25.5 Å². The van der Waals surface area contributed by atoms with Crippen molar-refractivity contribution in [2.45, 2.75) is 43.5 Å². The van der Waals surface area contributed by atoms with Crippen LogP contribution in [0.3, 0.4) is 0 Å². The van der Waals surface area contributed by atoms with Crippen LogP contribution in [0.1, 0.15) is 41.2 Å². The molecular formula is C29H32F2N4O7. The number of anilines is 1. The molecule has 0 bridgehead atoms. The average molecular weight is 587 g/mol. The monoisotopic (exact) mass is 586 g/mol. The van der Waals surface area contributed by atoms with Crippen LogP contribution >= 0.6 is 0 Å². The molecule has 0 unspecified atom stereocenters. The van der Waals surface area contributed by atoms with E-state index in [-0.39, 0.29) is 23.6 Å². The second-order valence-electron chi connectivity index (χ2n) is 10.5. The van der Waals surface area contributed by atoms with Gasteiger partial charge in [0.15, 0.2) is 11.6 Å². The van der Waals surface area contributed by atoms with E-state index in [1.807, 2.05) is 12.1 Å². The lowest BCUT2D eigenvalue weighted by Gasteiger charge is -2.38. The van der Waals surface area contributed by atoms with Crippen LogP contribution in [0.2, 0.25) is 0 Å². The Kier molecular flexibility index (Phi) is 8.57. The van der Waals surface area contributed by atoms with Gasteiger partial charge in [-0.2, -0.15) is 0 Å². The number of ether oxygens (including phenoxy) is 3. The Morgan fingerprint density at radius 2 is 1.69 bits per heavy atom. The molecule has 0 aromatic heterocycles. The predicted octanol–water partition coefficient (Wildman–Crippen LogP) is 3.24. The minimum atomic E-state index is -1.53. The number of amides is 3. The molecule has 3 saturated heterocycles. The third-order valence-corrected chi connectivity index (χ3v) is 8.11. The molecule has 0 spiro atoms. The van der Waals surface area contributed by atoms with E-state index in [9.17, 15) is 28.0 Å². The van der Waals surface area contributed by atoms with Crippen LogP contribution in [0.4, 0.5) is 24.1 Å². The summed E-state index contributed by atoms with van der Waals surface area (Å²) in [5, 5.41) is 2.85. The number of carbonyl (C=O) groups excluding carboxylic acids is 4. The molecule has 3 aliphatic heterocycles. The van der Waals surface area contributed by atoms with Crippen LogP contribution in [0.5, 0.6) is 0 Å². The fraction of sp³-hybridized carbons (Fsp3) is 0.448. The van der Waals surface area contributed by atoms with Crippen molar-refractivity contribution in [3.05, 3.63) is 65.2 Å². The smallest absolute Gasteiger partial charge is 0.419 e. The second-order valence-corrected chi connectivity index (χ2v) is 10.5. The van der Waals surface area contributed by atoms with Gasteiger partial charge in [-0.3, -0.25) is 4.90 Å². The van der Waals surface area contributed by atoms with Crippen LogP contribution in [0, 0.1) is 11.6 Å². The topological polar surface area (TPSA) is 118 Å². The van der Waals surface area contributed by atoms with E-state index < -0.39 is 41.9 Å². The third-order valence-electron chi connectivity index (χ3n) is 8.11. The molecule has 0 saturated carbocycles. The average Bonchev–Trinajstić information content (AvgIpc) is 3.62. The highest BCUT2D eigenvalue weighted by molar-refractivity contribution is 5.96. The van der Waals surface area contributed by atoms with Gasteiger partial charge in [-0.15, -0.1) is 0 Å². The number of urea groups is 1. The van der Waals surface area contributed by atoms with Gasteiger partial charge in [0.1, 0.15) is 6.04 Å². The summed E-state index contributed by atoms with van der Waals surface area (Å²) >= 11 is 0. The summed E-state index contributed by atoms with van der Waals surface area (Å²) in [6, 6.07) is 8.07. The molecule has 3 amide bonds. The first-order valence-corrected chi connectivity index (χ1v) is 13.7. The summed E-state index contributed by atoms with van der Waals surface area (Å²) in [6.45, 7) is 2.78. The molecule has 13 heteroatoms. The van der Waals surface area contributed by atoms with Crippen molar-refractivity contribution in [1.29, 1.82) is 0 Å². The number of benzene rings is 2. The van der Waals surface area contributed by atoms with Crippen molar-refractivity contribution in [2.75, 3.05) is 45.3 Å². The number of cyclic esters (lactones) is 1. The van der Waals surface area contributed by atoms with Crippen molar-refractivity contribution < 1.29 is 42.2 Å². The minimum Gasteiger partial charge on any atom is -0.466 e. The molecule has 0 radical (unpaired) electrons. The molecule has 5 rings (SSSR count). The zero-order valence-electron chi connectivity index (χ0n) is 23.3. The van der Waals surface area contributed by atoms with Crippen LogP contribution in [-0.2, 0) is 19.0 Å². The van der Waals surface area contributed by atoms with Gasteiger partial charge in [0.25, 0.3) is 0 Å². The van der Waals surface area contributed by atoms with Crippen molar-refractivity contribution >= 4 is 29.8 Å². The number of hydrogen-bond donors (Lipinski definition) is 1. The van der Waals surface area contributed by atoms with Crippen LogP contribution in [-0.4, -0.2) is 92.4 Å². The summed E-state index contributed by atoms with van der Waals surface area (Å²) in [4.78, 5) is 55.8. The normalized spacial score (nSPS) is 23.0. The molecule has 224 valence electrons. The predicted molar refractivity (Wildman–Crippen MR) is 145 cm³/mol. The van der Waals surface area contributed by atoms with E-state index in [0.717, 1.165) is 57.4 Å². The molecule has 3 fully saturated rings. The lowest BCUT2D eigenvalue weighted by atomic mass is 10.0. The largest absolute Gasteiger partial charge is 0.466 e. The standard InChI is InChI=1S/C29H32F2N4O7/c1-40-26(36)20-5-3-4-6-23(20)33-13-10-19(11-14-33)34-12-9-18(16-34)32-28(38)35-24(17-7-8-21(30)22(31)15-17)25(27(37)41-2)42-29(35)39/h3-8,15,18-19,24-25H,9-14,16H2,1-2H3,(H,32,38)/t18-,24+,25-/m1/s1. The fourth-order valence-corrected chi connectivity index (χ4v) is 5.99. The van der Waals surface area contributed by atoms with E-state index in [1.54, 1.807) is 12.1 Å². The summed E-state index contributed by atoms with van der Waals surface area (Å²) in [6.07, 6.45) is -0.280. The highest BCUT2D eigenvalue weighted by Gasteiger charge is 2.51. The first-order chi connectivity index (χ1) is 20.2. The van der Waals surface area contributed by atoms with Gasteiger partial charge in [-0.25, -0.2) is 32.9 Å². The molecule has 3 aliphatic rings. The Labute approximate surface area is 241 Å². The van der Waals surface area contributed by atoms with E-state index in [0.29, 0.717) is 23.4 Å². The van der Waals surface area contributed by atoms with Gasteiger partial charge in [0, 0.05) is 38.3 Å². The first-order valence-electron chi connectivity index (χ1n) is 13.7. The van der Waals surface area contributed by atoms with Crippen molar-refractivity contribution in [1.82, 2.24) is 15.1 Å². The third kappa shape index (κ3) is 5.73. The first kappa shape index (κ1) is 29.2. The summed E-state index contributed by atoms with van der Waals surface area (Å²) in [5.41, 5.74) is 1.38. The number of methoxy groups -OCH3 is 2. The SMILES string of the molecule is COC(=O)c1ccccc1N1CCC(N2CC[C@@H](NC(=O)N3C(=O)O[C@@H](C(=O)OC)[C@@H]3c3ccc(F)c(F)c3)C2)CC1. The molecule has 42 heavy (non-hydrogen) atoms. The highest BCUT2D eigenvalue weighted by Crippen LogP contribution is 2.35. The number of piperidine rings is 1. The maximum atomic E-state index is 14.0. The maximum absolute atomic E-state index is 14.0. The summed E-state index contributed by atoms with van der Waals surface area (Å²) < 4.78 is 42.4. The Balaban J connectivity index is 1.22. The number of nitrogens with one attached hydrogen (secondary N) is 1. The van der Waals surface area contributed by atoms with Gasteiger partial charge >= 0.3 is 24.1 Å².